The van der Waals surface area contributed by atoms with Crippen LogP contribution >= 0.6 is 12.3 Å². The smallest absolute Gasteiger partial charge is 0.246 e. The summed E-state index contributed by atoms with van der Waals surface area (Å²) in [6.45, 7) is 0. The first kappa shape index (κ1) is 17.8. The summed E-state index contributed by atoms with van der Waals surface area (Å²) < 4.78 is 27.3. The molecule has 1 unspecified atom stereocenters. The van der Waals surface area contributed by atoms with Crippen LogP contribution in [-0.4, -0.2) is 23.4 Å². The van der Waals surface area contributed by atoms with E-state index in [1.165, 1.54) is 28.5 Å². The van der Waals surface area contributed by atoms with Crippen molar-refractivity contribution in [3.05, 3.63) is 52.8 Å². The van der Waals surface area contributed by atoms with Crippen LogP contribution in [0.25, 0.3) is 0 Å². The van der Waals surface area contributed by atoms with Crippen LogP contribution in [0.4, 0.5) is 15.5 Å². The van der Waals surface area contributed by atoms with E-state index in [2.05, 4.69) is 26.4 Å². The molecule has 5 rings (SSSR count). The summed E-state index contributed by atoms with van der Waals surface area (Å²) in [5, 5.41) is 7.48. The van der Waals surface area contributed by atoms with Gasteiger partial charge in [-0.1, -0.05) is 6.07 Å². The Labute approximate surface area is 168 Å². The van der Waals surface area contributed by atoms with Crippen LogP contribution in [0.1, 0.15) is 35.1 Å². The highest BCUT2D eigenvalue weighted by Gasteiger charge is 2.26. The van der Waals surface area contributed by atoms with E-state index in [0.717, 1.165) is 48.3 Å². The van der Waals surface area contributed by atoms with Gasteiger partial charge in [-0.3, -0.25) is 4.98 Å². The molecule has 0 spiro atoms. The lowest BCUT2D eigenvalue weighted by atomic mass is 9.99. The van der Waals surface area contributed by atoms with Crippen LogP contribution in [0.5, 0.6) is 0 Å². The summed E-state index contributed by atoms with van der Waals surface area (Å²) in [4.78, 5) is 8.82. The lowest BCUT2D eigenvalue weighted by Gasteiger charge is -2.16. The maximum atomic E-state index is 13.5. The number of hydrogen-bond acceptors (Lipinski definition) is 6. The zero-order valence-corrected chi connectivity index (χ0v) is 16.7. The Morgan fingerprint density at radius 3 is 2.54 bits per heavy atom. The summed E-state index contributed by atoms with van der Waals surface area (Å²) in [6, 6.07) is 5.73. The normalized spacial score (nSPS) is 16.0. The van der Waals surface area contributed by atoms with Crippen LogP contribution in [0.3, 0.4) is 0 Å². The molecule has 2 aromatic heterocycles. The fourth-order valence-electron chi connectivity index (χ4n) is 4.12. The highest BCUT2D eigenvalue weighted by Crippen LogP contribution is 2.40. The predicted octanol–water partition coefficient (Wildman–Crippen LogP) is 3.94. The third-order valence-electron chi connectivity index (χ3n) is 5.35. The molecule has 1 aromatic carbocycles. The fraction of sp³-hybridized carbons (Fsp3) is 0.316. The SMILES string of the molecule is O=S(c1cccnc1)c1nc(Nc2c3c(cc4c2CCC4)CCC3)n(SF)n1. The zero-order chi connectivity index (χ0) is 19.1. The maximum absolute atomic E-state index is 13.5. The Hall–Kier alpha value is -2.26. The molecule has 144 valence electrons. The van der Waals surface area contributed by atoms with Crippen LogP contribution in [0.15, 0.2) is 40.6 Å². The van der Waals surface area contributed by atoms with E-state index in [1.54, 1.807) is 18.3 Å². The number of aryl methyl sites for hydroxylation is 2. The minimum absolute atomic E-state index is 0.0549. The quantitative estimate of drug-likeness (QED) is 0.680. The van der Waals surface area contributed by atoms with Gasteiger partial charge in [0.2, 0.25) is 11.1 Å². The van der Waals surface area contributed by atoms with E-state index in [1.807, 2.05) is 0 Å². The van der Waals surface area contributed by atoms with Crippen molar-refractivity contribution in [3.63, 3.8) is 0 Å². The molecule has 0 radical (unpaired) electrons. The molecule has 9 heteroatoms. The van der Waals surface area contributed by atoms with Crippen molar-refractivity contribution in [3.8, 4) is 0 Å². The third kappa shape index (κ3) is 3.02. The first-order valence-electron chi connectivity index (χ1n) is 9.26. The second-order valence-electron chi connectivity index (χ2n) is 6.98. The van der Waals surface area contributed by atoms with Crippen LogP contribution in [-0.2, 0) is 36.5 Å². The van der Waals surface area contributed by atoms with Crippen molar-refractivity contribution in [2.45, 2.75) is 48.6 Å². The molecule has 2 aliphatic carbocycles. The van der Waals surface area contributed by atoms with E-state index < -0.39 is 10.8 Å². The highest BCUT2D eigenvalue weighted by atomic mass is 32.2. The van der Waals surface area contributed by atoms with Gasteiger partial charge < -0.3 is 5.32 Å². The minimum atomic E-state index is -1.62. The number of aromatic nitrogens is 4. The summed E-state index contributed by atoms with van der Waals surface area (Å²) in [7, 11) is -1.62. The molecule has 1 atom stereocenters. The maximum Gasteiger partial charge on any atom is 0.246 e. The number of pyridine rings is 1. The number of fused-ring (bicyclic) bond motifs is 2. The predicted molar refractivity (Wildman–Crippen MR) is 107 cm³/mol. The average molecular weight is 416 g/mol. The molecule has 0 saturated carbocycles. The van der Waals surface area contributed by atoms with E-state index in [4.69, 9.17) is 0 Å². The van der Waals surface area contributed by atoms with E-state index >= 15 is 0 Å². The molecule has 3 aromatic rings. The topological polar surface area (TPSA) is 72.7 Å². The monoisotopic (exact) mass is 415 g/mol. The summed E-state index contributed by atoms with van der Waals surface area (Å²) in [5.74, 6) is 0.258. The summed E-state index contributed by atoms with van der Waals surface area (Å²) >= 11 is -0.0549. The molecule has 2 heterocycles. The number of hydrogen-bond donors (Lipinski definition) is 1. The van der Waals surface area contributed by atoms with E-state index in [-0.39, 0.29) is 23.4 Å². The molecule has 6 nitrogen and oxygen atoms in total. The largest absolute Gasteiger partial charge is 0.323 e. The van der Waals surface area contributed by atoms with Crippen LogP contribution in [0, 0.1) is 0 Å². The first-order valence-corrected chi connectivity index (χ1v) is 11.1. The Kier molecular flexibility index (Phi) is 4.64. The molecule has 0 bridgehead atoms. The standard InChI is InChI=1S/C19H18FN5OS2/c20-27-25-18(23-19(24-25)28(26)14-6-3-9-21-11-14)22-17-15-7-1-4-12(15)10-13-5-2-8-16(13)17/h3,6,9-11H,1-2,4-5,7-8H2,(H,22,23,24). The van der Waals surface area contributed by atoms with Gasteiger partial charge in [-0.25, -0.2) is 4.21 Å². The summed E-state index contributed by atoms with van der Waals surface area (Å²) in [5.41, 5.74) is 6.40. The molecule has 28 heavy (non-hydrogen) atoms. The van der Waals surface area contributed by atoms with E-state index in [9.17, 15) is 8.09 Å². The second kappa shape index (κ2) is 7.29. The van der Waals surface area contributed by atoms with Gasteiger partial charge in [-0.15, -0.1) is 13.1 Å². The molecule has 1 N–H and O–H groups in total. The van der Waals surface area contributed by atoms with Crippen molar-refractivity contribution in [1.29, 1.82) is 0 Å². The molecule has 0 amide bonds. The molecule has 0 aliphatic heterocycles. The van der Waals surface area contributed by atoms with Crippen LogP contribution < -0.4 is 5.32 Å². The highest BCUT2D eigenvalue weighted by molar-refractivity contribution is 7.92. The van der Waals surface area contributed by atoms with Crippen molar-refractivity contribution >= 4 is 34.8 Å². The number of rotatable bonds is 5. The van der Waals surface area contributed by atoms with Crippen molar-refractivity contribution in [2.75, 3.05) is 5.32 Å². The minimum Gasteiger partial charge on any atom is -0.323 e. The lowest BCUT2D eigenvalue weighted by molar-refractivity contribution is 0.675. The van der Waals surface area contributed by atoms with Crippen molar-refractivity contribution in [1.82, 2.24) is 19.2 Å². The second-order valence-corrected chi connectivity index (χ2v) is 8.83. The van der Waals surface area contributed by atoms with Gasteiger partial charge >= 0.3 is 0 Å². The Balaban J connectivity index is 1.54. The van der Waals surface area contributed by atoms with Crippen LogP contribution in [0.2, 0.25) is 0 Å². The van der Waals surface area contributed by atoms with E-state index in [0.29, 0.717) is 4.90 Å². The third-order valence-corrected chi connectivity index (χ3v) is 6.91. The number of nitrogens with one attached hydrogen (secondary N) is 1. The van der Waals surface area contributed by atoms with Crippen molar-refractivity contribution in [2.24, 2.45) is 0 Å². The molecular formula is C19H18FN5OS2. The zero-order valence-electron chi connectivity index (χ0n) is 15.0. The Bertz CT molecular complexity index is 1040. The molecular weight excluding hydrogens is 397 g/mol. The van der Waals surface area contributed by atoms with Crippen molar-refractivity contribution < 1.29 is 8.09 Å². The number of anilines is 2. The van der Waals surface area contributed by atoms with Gasteiger partial charge in [0.1, 0.15) is 10.8 Å². The Morgan fingerprint density at radius 2 is 1.89 bits per heavy atom. The van der Waals surface area contributed by atoms with Gasteiger partial charge in [-0.05, 0) is 72.9 Å². The fourth-order valence-corrected chi connectivity index (χ4v) is 5.33. The lowest BCUT2D eigenvalue weighted by Crippen LogP contribution is -2.05. The molecule has 2 aliphatic rings. The van der Waals surface area contributed by atoms with Gasteiger partial charge in [0.15, 0.2) is 12.3 Å². The van der Waals surface area contributed by atoms with Gasteiger partial charge in [0, 0.05) is 18.1 Å². The molecule has 0 fully saturated rings. The molecule has 0 saturated heterocycles. The average Bonchev–Trinajstić information content (AvgIpc) is 3.47. The number of halogens is 1. The van der Waals surface area contributed by atoms with Gasteiger partial charge in [0.25, 0.3) is 0 Å². The Morgan fingerprint density at radius 1 is 1.14 bits per heavy atom. The summed E-state index contributed by atoms with van der Waals surface area (Å²) in [6.07, 6.45) is 9.56. The first-order chi connectivity index (χ1) is 13.7. The van der Waals surface area contributed by atoms with Gasteiger partial charge in [-0.2, -0.15) is 4.98 Å². The number of nitrogens with zero attached hydrogens (tertiary/aromatic N) is 4. The number of benzene rings is 1. The van der Waals surface area contributed by atoms with Gasteiger partial charge in [0.05, 0.1) is 4.90 Å².